The summed E-state index contributed by atoms with van der Waals surface area (Å²) in [6.45, 7) is 0.636. The van der Waals surface area contributed by atoms with Crippen molar-refractivity contribution in [2.24, 2.45) is 0 Å². The quantitative estimate of drug-likeness (QED) is 0.795. The van der Waals surface area contributed by atoms with Crippen LogP contribution < -0.4 is 5.32 Å². The predicted octanol–water partition coefficient (Wildman–Crippen LogP) is 5.22. The van der Waals surface area contributed by atoms with Gasteiger partial charge in [0.2, 0.25) is 0 Å². The first-order valence-corrected chi connectivity index (χ1v) is 7.43. The Kier molecular flexibility index (Phi) is 3.69. The van der Waals surface area contributed by atoms with Crippen molar-refractivity contribution in [2.75, 3.05) is 11.9 Å². The number of anilines is 1. The van der Waals surface area contributed by atoms with Gasteiger partial charge in [-0.3, -0.25) is 0 Å². The highest BCUT2D eigenvalue weighted by atomic mass is 79.9. The molecule has 5 heteroatoms. The number of benzene rings is 2. The first-order valence-electron chi connectivity index (χ1n) is 6.63. The number of hydrogen-bond acceptors (Lipinski definition) is 1. The number of alkyl halides is 3. The minimum Gasteiger partial charge on any atom is -0.383 e. The van der Waals surface area contributed by atoms with Gasteiger partial charge in [-0.1, -0.05) is 24.3 Å². The lowest BCUT2D eigenvalue weighted by atomic mass is 9.77. The molecule has 1 aliphatic carbocycles. The number of fused-ring (bicyclic) bond motifs is 1. The van der Waals surface area contributed by atoms with Crippen LogP contribution in [0.2, 0.25) is 0 Å². The Morgan fingerprint density at radius 2 is 1.90 bits per heavy atom. The molecule has 0 saturated heterocycles. The molecule has 0 radical (unpaired) electrons. The molecule has 1 nitrogen and oxygen atoms in total. The third-order valence-corrected chi connectivity index (χ3v) is 4.49. The van der Waals surface area contributed by atoms with Crippen LogP contribution in [-0.4, -0.2) is 6.54 Å². The van der Waals surface area contributed by atoms with Crippen LogP contribution in [0.5, 0.6) is 0 Å². The van der Waals surface area contributed by atoms with Crippen LogP contribution >= 0.6 is 15.9 Å². The minimum absolute atomic E-state index is 0.364. The van der Waals surface area contributed by atoms with E-state index in [1.807, 2.05) is 12.1 Å². The van der Waals surface area contributed by atoms with Gasteiger partial charge in [-0.15, -0.1) is 0 Å². The number of halogens is 4. The monoisotopic (exact) mass is 355 g/mol. The minimum atomic E-state index is -4.32. The summed E-state index contributed by atoms with van der Waals surface area (Å²) < 4.78 is 38.8. The molecule has 1 unspecified atom stereocenters. The van der Waals surface area contributed by atoms with Gasteiger partial charge in [0.15, 0.2) is 0 Å². The summed E-state index contributed by atoms with van der Waals surface area (Å²) in [4.78, 5) is 0. The summed E-state index contributed by atoms with van der Waals surface area (Å²) in [7, 11) is 0. The van der Waals surface area contributed by atoms with Crippen molar-refractivity contribution in [1.82, 2.24) is 0 Å². The van der Waals surface area contributed by atoms with Crippen LogP contribution in [0.3, 0.4) is 0 Å². The molecule has 0 spiro atoms. The average Bonchev–Trinajstić information content (AvgIpc) is 2.40. The molecule has 0 fully saturated rings. The van der Waals surface area contributed by atoms with Crippen molar-refractivity contribution in [1.29, 1.82) is 0 Å². The second kappa shape index (κ2) is 5.37. The SMILES string of the molecule is FC(F)(F)c1ccc(Br)c(NCC2Cc3ccccc32)c1. The highest BCUT2D eigenvalue weighted by Crippen LogP contribution is 2.37. The van der Waals surface area contributed by atoms with Gasteiger partial charge in [0.1, 0.15) is 0 Å². The number of rotatable bonds is 3. The van der Waals surface area contributed by atoms with Gasteiger partial charge in [-0.05, 0) is 51.7 Å². The van der Waals surface area contributed by atoms with Crippen LogP contribution in [0.25, 0.3) is 0 Å². The molecule has 0 bridgehead atoms. The molecule has 0 heterocycles. The molecule has 2 aromatic carbocycles. The second-order valence-corrected chi connectivity index (χ2v) is 6.03. The van der Waals surface area contributed by atoms with Gasteiger partial charge < -0.3 is 5.32 Å². The van der Waals surface area contributed by atoms with Gasteiger partial charge in [0.25, 0.3) is 0 Å². The number of hydrogen-bond donors (Lipinski definition) is 1. The molecule has 1 atom stereocenters. The zero-order chi connectivity index (χ0) is 15.0. The van der Waals surface area contributed by atoms with Crippen LogP contribution in [0.15, 0.2) is 46.9 Å². The summed E-state index contributed by atoms with van der Waals surface area (Å²) in [5, 5.41) is 3.12. The lowest BCUT2D eigenvalue weighted by Gasteiger charge is -2.30. The molecule has 0 amide bonds. The standard InChI is InChI=1S/C16H13BrF3N/c17-14-6-5-12(16(18,19)20)8-15(14)21-9-11-7-10-3-1-2-4-13(10)11/h1-6,8,11,21H,7,9H2. The molecule has 21 heavy (non-hydrogen) atoms. The van der Waals surface area contributed by atoms with Crippen molar-refractivity contribution in [3.63, 3.8) is 0 Å². The first-order chi connectivity index (χ1) is 9.95. The molecule has 3 rings (SSSR count). The van der Waals surface area contributed by atoms with Crippen molar-refractivity contribution >= 4 is 21.6 Å². The van der Waals surface area contributed by atoms with Crippen molar-refractivity contribution in [3.05, 3.63) is 63.6 Å². The van der Waals surface area contributed by atoms with Gasteiger partial charge in [0.05, 0.1) is 5.56 Å². The lowest BCUT2D eigenvalue weighted by molar-refractivity contribution is -0.137. The maximum Gasteiger partial charge on any atom is 0.416 e. The van der Waals surface area contributed by atoms with Crippen LogP contribution in [-0.2, 0) is 12.6 Å². The normalized spacial score (nSPS) is 17.0. The third-order valence-electron chi connectivity index (χ3n) is 3.79. The van der Waals surface area contributed by atoms with E-state index in [1.54, 1.807) is 0 Å². The topological polar surface area (TPSA) is 12.0 Å². The van der Waals surface area contributed by atoms with E-state index in [2.05, 4.69) is 33.4 Å². The van der Waals surface area contributed by atoms with Gasteiger partial charge >= 0.3 is 6.18 Å². The van der Waals surface area contributed by atoms with E-state index in [-0.39, 0.29) is 0 Å². The summed E-state index contributed by atoms with van der Waals surface area (Å²) in [5.74, 6) is 0.364. The molecule has 110 valence electrons. The van der Waals surface area contributed by atoms with Crippen LogP contribution in [0, 0.1) is 0 Å². The summed E-state index contributed by atoms with van der Waals surface area (Å²) in [6, 6.07) is 11.8. The first kappa shape index (κ1) is 14.4. The Morgan fingerprint density at radius 1 is 1.14 bits per heavy atom. The Hall–Kier alpha value is -1.49. The van der Waals surface area contributed by atoms with E-state index >= 15 is 0 Å². The largest absolute Gasteiger partial charge is 0.416 e. The van der Waals surface area contributed by atoms with Crippen molar-refractivity contribution in [2.45, 2.75) is 18.5 Å². The predicted molar refractivity (Wildman–Crippen MR) is 80.5 cm³/mol. The van der Waals surface area contributed by atoms with Gasteiger partial charge in [-0.2, -0.15) is 13.2 Å². The van der Waals surface area contributed by atoms with Crippen LogP contribution in [0.4, 0.5) is 18.9 Å². The average molecular weight is 356 g/mol. The smallest absolute Gasteiger partial charge is 0.383 e. The zero-order valence-corrected chi connectivity index (χ0v) is 12.6. The zero-order valence-electron chi connectivity index (χ0n) is 11.0. The summed E-state index contributed by atoms with van der Waals surface area (Å²) in [6.07, 6.45) is -3.35. The molecule has 0 saturated carbocycles. The van der Waals surface area contributed by atoms with E-state index in [0.717, 1.165) is 18.6 Å². The fourth-order valence-electron chi connectivity index (χ4n) is 2.62. The van der Waals surface area contributed by atoms with E-state index in [9.17, 15) is 13.2 Å². The maximum atomic E-state index is 12.7. The van der Waals surface area contributed by atoms with Crippen molar-refractivity contribution < 1.29 is 13.2 Å². The van der Waals surface area contributed by atoms with E-state index in [0.29, 0.717) is 22.6 Å². The molecule has 0 aromatic heterocycles. The molecular formula is C16H13BrF3N. The van der Waals surface area contributed by atoms with E-state index in [4.69, 9.17) is 0 Å². The number of nitrogens with one attached hydrogen (secondary N) is 1. The Labute approximate surface area is 129 Å². The molecular weight excluding hydrogens is 343 g/mol. The molecule has 1 N–H and O–H groups in total. The molecule has 0 aliphatic heterocycles. The summed E-state index contributed by atoms with van der Waals surface area (Å²) >= 11 is 3.29. The molecule has 2 aromatic rings. The Bertz CT molecular complexity index is 667. The summed E-state index contributed by atoms with van der Waals surface area (Å²) in [5.41, 5.74) is 2.46. The molecule has 1 aliphatic rings. The van der Waals surface area contributed by atoms with Gasteiger partial charge in [-0.25, -0.2) is 0 Å². The van der Waals surface area contributed by atoms with Gasteiger partial charge in [0, 0.05) is 22.6 Å². The maximum absolute atomic E-state index is 12.7. The Balaban J connectivity index is 1.72. The van der Waals surface area contributed by atoms with E-state index < -0.39 is 11.7 Å². The fraction of sp³-hybridized carbons (Fsp3) is 0.250. The lowest BCUT2D eigenvalue weighted by Crippen LogP contribution is -2.24. The second-order valence-electron chi connectivity index (χ2n) is 5.17. The third kappa shape index (κ3) is 2.93. The van der Waals surface area contributed by atoms with E-state index in [1.165, 1.54) is 17.2 Å². The fourth-order valence-corrected chi connectivity index (χ4v) is 3.00. The highest BCUT2D eigenvalue weighted by molar-refractivity contribution is 9.10. The Morgan fingerprint density at radius 3 is 2.62 bits per heavy atom. The highest BCUT2D eigenvalue weighted by Gasteiger charge is 2.31. The van der Waals surface area contributed by atoms with Crippen molar-refractivity contribution in [3.8, 4) is 0 Å². The van der Waals surface area contributed by atoms with Crippen LogP contribution in [0.1, 0.15) is 22.6 Å².